The summed E-state index contributed by atoms with van der Waals surface area (Å²) < 4.78 is 3.98. The molecule has 6 heteroatoms. The Morgan fingerprint density at radius 2 is 2.18 bits per heavy atom. The maximum absolute atomic E-state index is 10.5. The highest BCUT2D eigenvalue weighted by Gasteiger charge is 2.14. The summed E-state index contributed by atoms with van der Waals surface area (Å²) in [4.78, 5) is 20.5. The quantitative estimate of drug-likeness (QED) is 0.402. The molecule has 0 unspecified atom stereocenters. The molecule has 0 rings (SSSR count). The van der Waals surface area contributed by atoms with Gasteiger partial charge in [-0.1, -0.05) is 0 Å². The van der Waals surface area contributed by atoms with Crippen molar-refractivity contribution in [3.63, 3.8) is 0 Å². The largest absolute Gasteiger partial charge is 0.481 e. The van der Waals surface area contributed by atoms with Crippen molar-refractivity contribution in [3.8, 4) is 0 Å². The van der Waals surface area contributed by atoms with E-state index in [0.717, 1.165) is 0 Å². The number of thiol groups is 1. The van der Waals surface area contributed by atoms with Crippen LogP contribution in [-0.4, -0.2) is 23.1 Å². The van der Waals surface area contributed by atoms with Crippen molar-refractivity contribution >= 4 is 24.8 Å². The fourth-order valence-corrected chi connectivity index (χ4v) is 0.600. The van der Waals surface area contributed by atoms with Crippen LogP contribution >= 0.6 is 12.9 Å². The lowest BCUT2D eigenvalue weighted by atomic mass is 10.2. The summed E-state index contributed by atoms with van der Waals surface area (Å²) in [6.45, 7) is 0. The van der Waals surface area contributed by atoms with E-state index < -0.39 is 18.0 Å². The van der Waals surface area contributed by atoms with Crippen molar-refractivity contribution in [2.45, 2.75) is 18.9 Å². The first kappa shape index (κ1) is 10.2. The molecule has 0 saturated carbocycles. The molecule has 0 aliphatic heterocycles. The molecule has 11 heavy (non-hydrogen) atoms. The third kappa shape index (κ3) is 4.63. The highest BCUT2D eigenvalue weighted by molar-refractivity contribution is 7.75. The molecule has 0 aliphatic carbocycles. The molecule has 0 aliphatic rings. The number of carboxylic acid groups (broad SMARTS) is 1. The molecule has 0 aromatic rings. The highest BCUT2D eigenvalue weighted by atomic mass is 32.1. The summed E-state index contributed by atoms with van der Waals surface area (Å²) in [5.74, 6) is -1.71. The second kappa shape index (κ2) is 4.97. The van der Waals surface area contributed by atoms with E-state index in [-0.39, 0.29) is 12.8 Å². The molecule has 0 amide bonds. The van der Waals surface area contributed by atoms with Crippen LogP contribution in [0, 0.1) is 0 Å². The van der Waals surface area contributed by atoms with Crippen molar-refractivity contribution in [3.05, 3.63) is 0 Å². The number of hydrogen-bond acceptors (Lipinski definition) is 5. The number of rotatable bonds is 4. The van der Waals surface area contributed by atoms with Gasteiger partial charge in [0, 0.05) is 19.3 Å². The summed E-state index contributed by atoms with van der Waals surface area (Å²) >= 11 is 3.22. The summed E-state index contributed by atoms with van der Waals surface area (Å²) in [6, 6.07) is -0.899. The Morgan fingerprint density at radius 3 is 2.55 bits per heavy atom. The minimum atomic E-state index is -0.993. The van der Waals surface area contributed by atoms with Gasteiger partial charge in [-0.3, -0.25) is 4.79 Å². The third-order valence-corrected chi connectivity index (χ3v) is 1.24. The van der Waals surface area contributed by atoms with Crippen LogP contribution in [0.25, 0.3) is 0 Å². The molecule has 1 atom stereocenters. The van der Waals surface area contributed by atoms with Gasteiger partial charge >= 0.3 is 11.9 Å². The average Bonchev–Trinajstić information content (AvgIpc) is 1.98. The van der Waals surface area contributed by atoms with E-state index in [0.29, 0.717) is 0 Å². The number of carbonyl (C=O) groups is 2. The molecule has 64 valence electrons. The SMILES string of the molecule is N[C@@H](CCC(=O)O)C(=O)OS. The lowest BCUT2D eigenvalue weighted by Crippen LogP contribution is -2.31. The highest BCUT2D eigenvalue weighted by Crippen LogP contribution is 1.97. The fourth-order valence-electron chi connectivity index (χ4n) is 0.465. The maximum Gasteiger partial charge on any atom is 0.334 e. The van der Waals surface area contributed by atoms with E-state index >= 15 is 0 Å². The molecule has 5 nitrogen and oxygen atoms in total. The van der Waals surface area contributed by atoms with E-state index in [1.165, 1.54) is 0 Å². The average molecular weight is 179 g/mol. The Kier molecular flexibility index (Phi) is 4.64. The van der Waals surface area contributed by atoms with Gasteiger partial charge in [0.25, 0.3) is 0 Å². The Bertz CT molecular complexity index is 161. The van der Waals surface area contributed by atoms with Crippen LogP contribution in [0.15, 0.2) is 0 Å². The molecule has 0 radical (unpaired) electrons. The molecular formula is C5H9NO4S. The minimum Gasteiger partial charge on any atom is -0.481 e. The van der Waals surface area contributed by atoms with Crippen LogP contribution in [0.4, 0.5) is 0 Å². The monoisotopic (exact) mass is 179 g/mol. The summed E-state index contributed by atoms with van der Waals surface area (Å²) in [5, 5.41) is 8.19. The molecular weight excluding hydrogens is 170 g/mol. The molecule has 0 aromatic carbocycles. The van der Waals surface area contributed by atoms with Crippen molar-refractivity contribution in [2.24, 2.45) is 5.73 Å². The Balaban J connectivity index is 3.60. The van der Waals surface area contributed by atoms with Crippen LogP contribution in [0.2, 0.25) is 0 Å². The van der Waals surface area contributed by atoms with Crippen molar-refractivity contribution in [2.75, 3.05) is 0 Å². The van der Waals surface area contributed by atoms with Crippen molar-refractivity contribution in [1.82, 2.24) is 0 Å². The first-order chi connectivity index (χ1) is 5.07. The third-order valence-electron chi connectivity index (χ3n) is 1.06. The van der Waals surface area contributed by atoms with Gasteiger partial charge in [0.15, 0.2) is 0 Å². The second-order valence-electron chi connectivity index (χ2n) is 1.95. The second-order valence-corrected chi connectivity index (χ2v) is 2.13. The predicted molar refractivity (Wildman–Crippen MR) is 39.9 cm³/mol. The first-order valence-corrected chi connectivity index (χ1v) is 3.27. The van der Waals surface area contributed by atoms with Crippen LogP contribution < -0.4 is 5.73 Å². The normalized spacial score (nSPS) is 12.2. The minimum absolute atomic E-state index is 0.0642. The lowest BCUT2D eigenvalue weighted by Gasteiger charge is -2.04. The van der Waals surface area contributed by atoms with E-state index in [4.69, 9.17) is 10.8 Å². The fraction of sp³-hybridized carbons (Fsp3) is 0.600. The van der Waals surface area contributed by atoms with Gasteiger partial charge in [-0.25, -0.2) is 4.79 Å². The predicted octanol–water partition coefficient (Wildman–Crippen LogP) is -0.433. The van der Waals surface area contributed by atoms with Crippen LogP contribution in [-0.2, 0) is 13.8 Å². The zero-order chi connectivity index (χ0) is 8.85. The Morgan fingerprint density at radius 1 is 1.64 bits per heavy atom. The van der Waals surface area contributed by atoms with Crippen LogP contribution in [0.3, 0.4) is 0 Å². The first-order valence-electron chi connectivity index (χ1n) is 2.90. The van der Waals surface area contributed by atoms with Crippen molar-refractivity contribution < 1.29 is 18.9 Å². The molecule has 0 heterocycles. The van der Waals surface area contributed by atoms with E-state index in [1.807, 2.05) is 0 Å². The van der Waals surface area contributed by atoms with Gasteiger partial charge < -0.3 is 15.0 Å². The number of hydrogen-bond donors (Lipinski definition) is 3. The zero-order valence-electron chi connectivity index (χ0n) is 5.69. The number of aliphatic carboxylic acids is 1. The van der Waals surface area contributed by atoms with E-state index in [2.05, 4.69) is 17.1 Å². The van der Waals surface area contributed by atoms with Gasteiger partial charge in [0.2, 0.25) is 0 Å². The summed E-state index contributed by atoms with van der Waals surface area (Å²) in [6.07, 6.45) is -0.0846. The smallest absolute Gasteiger partial charge is 0.334 e. The Hall–Kier alpha value is -0.750. The van der Waals surface area contributed by atoms with Gasteiger partial charge in [-0.05, 0) is 6.42 Å². The molecule has 0 spiro atoms. The van der Waals surface area contributed by atoms with Crippen LogP contribution in [0.1, 0.15) is 12.8 Å². The van der Waals surface area contributed by atoms with E-state index in [9.17, 15) is 9.59 Å². The topological polar surface area (TPSA) is 89.6 Å². The molecule has 3 N–H and O–H groups in total. The van der Waals surface area contributed by atoms with Gasteiger partial charge in [-0.15, -0.1) is 0 Å². The summed E-state index contributed by atoms with van der Waals surface area (Å²) in [5.41, 5.74) is 5.19. The van der Waals surface area contributed by atoms with Gasteiger partial charge in [-0.2, -0.15) is 0 Å². The van der Waals surface area contributed by atoms with E-state index in [1.54, 1.807) is 0 Å². The Labute approximate surface area is 69.1 Å². The van der Waals surface area contributed by atoms with Crippen LogP contribution in [0.5, 0.6) is 0 Å². The molecule has 0 fully saturated rings. The molecule has 0 saturated heterocycles. The zero-order valence-corrected chi connectivity index (χ0v) is 6.58. The summed E-state index contributed by atoms with van der Waals surface area (Å²) in [7, 11) is 0. The number of carbonyl (C=O) groups excluding carboxylic acids is 1. The number of carboxylic acids is 1. The molecule has 0 bridgehead atoms. The lowest BCUT2D eigenvalue weighted by molar-refractivity contribution is -0.138. The maximum atomic E-state index is 10.5. The van der Waals surface area contributed by atoms with Gasteiger partial charge in [0.05, 0.1) is 0 Å². The standard InChI is InChI=1S/C5H9NO4S/c6-3(5(9)10-11)1-2-4(7)8/h3,11H,1-2,6H2,(H,7,8)/t3-/m0/s1. The molecule has 0 aromatic heterocycles. The van der Waals surface area contributed by atoms with Crippen molar-refractivity contribution in [1.29, 1.82) is 0 Å². The number of nitrogens with two attached hydrogens (primary N) is 1. The van der Waals surface area contributed by atoms with Gasteiger partial charge in [0.1, 0.15) is 6.04 Å².